The Labute approximate surface area is 183 Å². The number of rotatable bonds is 7. The van der Waals surface area contributed by atoms with E-state index in [9.17, 15) is 14.4 Å². The van der Waals surface area contributed by atoms with Crippen LogP contribution in [0.3, 0.4) is 0 Å². The normalized spacial score (nSPS) is 14.4. The Morgan fingerprint density at radius 2 is 1.80 bits per heavy atom. The van der Waals surface area contributed by atoms with Gasteiger partial charge in [-0.1, -0.05) is 25.1 Å². The smallest absolute Gasteiger partial charge is 0.287 e. The number of hydrogen-bond acceptors (Lipinski definition) is 5. The van der Waals surface area contributed by atoms with Crippen LogP contribution in [0.25, 0.3) is 0 Å². The van der Waals surface area contributed by atoms with Crippen LogP contribution in [-0.4, -0.2) is 66.8 Å². The molecule has 0 radical (unpaired) electrons. The number of nitrogens with one attached hydrogen (secondary N) is 2. The van der Waals surface area contributed by atoms with E-state index in [0.717, 1.165) is 17.7 Å². The number of amides is 3. The number of aryl methyl sites for hydroxylation is 1. The zero-order chi connectivity index (χ0) is 21.5. The number of para-hydroxylation sites is 1. The number of furan rings is 1. The minimum Gasteiger partial charge on any atom is -0.444 e. The summed E-state index contributed by atoms with van der Waals surface area (Å²) in [5.74, 6) is -0.505. The van der Waals surface area contributed by atoms with Gasteiger partial charge in [-0.25, -0.2) is 0 Å². The Bertz CT molecular complexity index is 906. The molecule has 1 aromatic heterocycles. The fourth-order valence-electron chi connectivity index (χ4n) is 3.29. The zero-order valence-corrected chi connectivity index (χ0v) is 18.4. The molecular formula is C21H25BrN4O4. The molecule has 2 aromatic rings. The van der Waals surface area contributed by atoms with Crippen LogP contribution in [0.5, 0.6) is 0 Å². The second-order valence-corrected chi connectivity index (χ2v) is 7.78. The van der Waals surface area contributed by atoms with Gasteiger partial charge < -0.3 is 20.0 Å². The number of nitrogens with zero attached hydrogens (tertiary/aromatic N) is 2. The third-order valence-electron chi connectivity index (χ3n) is 4.96. The molecule has 1 saturated heterocycles. The quantitative estimate of drug-likeness (QED) is 0.637. The van der Waals surface area contributed by atoms with Crippen molar-refractivity contribution in [3.05, 3.63) is 52.4 Å². The first-order valence-corrected chi connectivity index (χ1v) is 10.7. The summed E-state index contributed by atoms with van der Waals surface area (Å²) in [7, 11) is 0. The molecule has 160 valence electrons. The van der Waals surface area contributed by atoms with Crippen molar-refractivity contribution >= 4 is 39.3 Å². The average molecular weight is 477 g/mol. The summed E-state index contributed by atoms with van der Waals surface area (Å²) >= 11 is 3.14. The third kappa shape index (κ3) is 5.93. The second-order valence-electron chi connectivity index (χ2n) is 7.00. The van der Waals surface area contributed by atoms with E-state index in [1.54, 1.807) is 11.0 Å². The molecule has 3 rings (SSSR count). The number of carbonyl (C=O) groups is 3. The fraction of sp³-hybridized carbons (Fsp3) is 0.381. The Morgan fingerprint density at radius 3 is 2.47 bits per heavy atom. The lowest BCUT2D eigenvalue weighted by Gasteiger charge is -2.34. The maximum absolute atomic E-state index is 12.4. The van der Waals surface area contributed by atoms with Crippen molar-refractivity contribution in [1.29, 1.82) is 0 Å². The van der Waals surface area contributed by atoms with Crippen molar-refractivity contribution in [2.24, 2.45) is 0 Å². The fourth-order valence-corrected chi connectivity index (χ4v) is 3.60. The Balaban J connectivity index is 1.40. The van der Waals surface area contributed by atoms with Gasteiger partial charge in [-0.15, -0.1) is 0 Å². The van der Waals surface area contributed by atoms with E-state index in [2.05, 4.69) is 33.5 Å². The molecule has 0 unspecified atom stereocenters. The summed E-state index contributed by atoms with van der Waals surface area (Å²) in [6.07, 6.45) is 0.852. The standard InChI is InChI=1S/C21H25BrN4O4/c1-2-15-5-3-4-6-16(15)24-19(27)14-25-9-11-26(12-10-25)20(28)13-23-21(29)17-7-8-18(22)30-17/h3-8H,2,9-14H2,1H3,(H,23,29)(H,24,27). The first-order chi connectivity index (χ1) is 14.5. The van der Waals surface area contributed by atoms with Crippen LogP contribution in [0.15, 0.2) is 45.5 Å². The Hall–Kier alpha value is -2.65. The lowest BCUT2D eigenvalue weighted by Crippen LogP contribution is -2.52. The molecule has 1 aromatic carbocycles. The molecule has 1 fully saturated rings. The Morgan fingerprint density at radius 1 is 1.07 bits per heavy atom. The van der Waals surface area contributed by atoms with Crippen LogP contribution >= 0.6 is 15.9 Å². The number of piperazine rings is 1. The van der Waals surface area contributed by atoms with Gasteiger partial charge >= 0.3 is 0 Å². The van der Waals surface area contributed by atoms with E-state index in [0.29, 0.717) is 30.8 Å². The summed E-state index contributed by atoms with van der Waals surface area (Å²) < 4.78 is 5.62. The molecule has 0 atom stereocenters. The highest BCUT2D eigenvalue weighted by Gasteiger charge is 2.23. The predicted molar refractivity (Wildman–Crippen MR) is 116 cm³/mol. The van der Waals surface area contributed by atoms with Gasteiger partial charge in [0.2, 0.25) is 11.8 Å². The highest BCUT2D eigenvalue weighted by atomic mass is 79.9. The van der Waals surface area contributed by atoms with Gasteiger partial charge in [0, 0.05) is 31.9 Å². The molecule has 8 nitrogen and oxygen atoms in total. The molecule has 9 heteroatoms. The molecule has 3 amide bonds. The van der Waals surface area contributed by atoms with Gasteiger partial charge in [0.05, 0.1) is 13.1 Å². The molecule has 30 heavy (non-hydrogen) atoms. The molecule has 1 aliphatic rings. The third-order valence-corrected chi connectivity index (χ3v) is 5.39. The van der Waals surface area contributed by atoms with Gasteiger partial charge in [-0.3, -0.25) is 19.3 Å². The van der Waals surface area contributed by atoms with E-state index in [1.165, 1.54) is 6.07 Å². The molecule has 0 aliphatic carbocycles. The highest BCUT2D eigenvalue weighted by molar-refractivity contribution is 9.10. The van der Waals surface area contributed by atoms with Crippen LogP contribution < -0.4 is 10.6 Å². The number of hydrogen-bond donors (Lipinski definition) is 2. The largest absolute Gasteiger partial charge is 0.444 e. The van der Waals surface area contributed by atoms with Gasteiger partial charge in [0.1, 0.15) is 0 Å². The van der Waals surface area contributed by atoms with Gasteiger partial charge in [-0.2, -0.15) is 0 Å². The number of carbonyl (C=O) groups excluding carboxylic acids is 3. The van der Waals surface area contributed by atoms with Crippen molar-refractivity contribution < 1.29 is 18.8 Å². The molecule has 0 spiro atoms. The number of anilines is 1. The van der Waals surface area contributed by atoms with Crippen molar-refractivity contribution in [3.63, 3.8) is 0 Å². The SMILES string of the molecule is CCc1ccccc1NC(=O)CN1CCN(C(=O)CNC(=O)c2ccc(Br)o2)CC1. The first-order valence-electron chi connectivity index (χ1n) is 9.87. The lowest BCUT2D eigenvalue weighted by atomic mass is 10.1. The molecule has 0 bridgehead atoms. The summed E-state index contributed by atoms with van der Waals surface area (Å²) in [5.41, 5.74) is 1.95. The van der Waals surface area contributed by atoms with E-state index in [4.69, 9.17) is 4.42 Å². The van der Waals surface area contributed by atoms with Gasteiger partial charge in [0.15, 0.2) is 10.4 Å². The maximum Gasteiger partial charge on any atom is 0.287 e. The van der Waals surface area contributed by atoms with Crippen LogP contribution in [-0.2, 0) is 16.0 Å². The second kappa shape index (κ2) is 10.4. The van der Waals surface area contributed by atoms with E-state index in [-0.39, 0.29) is 30.7 Å². The Kier molecular flexibility index (Phi) is 7.64. The van der Waals surface area contributed by atoms with Crippen LogP contribution in [0.4, 0.5) is 5.69 Å². The summed E-state index contributed by atoms with van der Waals surface area (Å²) in [5, 5.41) is 5.54. The van der Waals surface area contributed by atoms with E-state index >= 15 is 0 Å². The van der Waals surface area contributed by atoms with Crippen molar-refractivity contribution in [2.45, 2.75) is 13.3 Å². The molecular weight excluding hydrogens is 452 g/mol. The molecule has 2 N–H and O–H groups in total. The van der Waals surface area contributed by atoms with Crippen molar-refractivity contribution in [1.82, 2.24) is 15.1 Å². The van der Waals surface area contributed by atoms with E-state index in [1.807, 2.05) is 29.2 Å². The van der Waals surface area contributed by atoms with Crippen LogP contribution in [0, 0.1) is 0 Å². The summed E-state index contributed by atoms with van der Waals surface area (Å²) in [6.45, 7) is 4.48. The number of halogens is 1. The van der Waals surface area contributed by atoms with Crippen LogP contribution in [0.2, 0.25) is 0 Å². The van der Waals surface area contributed by atoms with Crippen LogP contribution in [0.1, 0.15) is 23.0 Å². The van der Waals surface area contributed by atoms with Gasteiger partial charge in [-0.05, 0) is 46.1 Å². The van der Waals surface area contributed by atoms with Crippen molar-refractivity contribution in [3.8, 4) is 0 Å². The minimum atomic E-state index is -0.434. The maximum atomic E-state index is 12.4. The zero-order valence-electron chi connectivity index (χ0n) is 16.8. The number of benzene rings is 1. The lowest BCUT2D eigenvalue weighted by molar-refractivity contribution is -0.132. The highest BCUT2D eigenvalue weighted by Crippen LogP contribution is 2.16. The molecule has 2 heterocycles. The van der Waals surface area contributed by atoms with E-state index < -0.39 is 5.91 Å². The average Bonchev–Trinajstić information content (AvgIpc) is 3.19. The summed E-state index contributed by atoms with van der Waals surface area (Å²) in [6, 6.07) is 10.9. The first kappa shape index (κ1) is 22.0. The minimum absolute atomic E-state index is 0.0625. The monoisotopic (exact) mass is 476 g/mol. The summed E-state index contributed by atoms with van der Waals surface area (Å²) in [4.78, 5) is 40.4. The molecule has 1 aliphatic heterocycles. The topological polar surface area (TPSA) is 94.9 Å². The van der Waals surface area contributed by atoms with Gasteiger partial charge in [0.25, 0.3) is 5.91 Å². The van der Waals surface area contributed by atoms with Crippen molar-refractivity contribution in [2.75, 3.05) is 44.6 Å². The predicted octanol–water partition coefficient (Wildman–Crippen LogP) is 2.12. The molecule has 0 saturated carbocycles.